The number of hydrogen-bond acceptors (Lipinski definition) is 4. The third-order valence-corrected chi connectivity index (χ3v) is 4.34. The fraction of sp³-hybridized carbons (Fsp3) is 0.643. The Balaban J connectivity index is 1.54. The van der Waals surface area contributed by atoms with Crippen LogP contribution >= 0.6 is 11.3 Å². The Morgan fingerprint density at radius 3 is 2.83 bits per heavy atom. The molecule has 2 heterocycles. The molecule has 3 nitrogen and oxygen atoms in total. The first-order chi connectivity index (χ1) is 8.88. The van der Waals surface area contributed by atoms with E-state index in [0.717, 1.165) is 18.0 Å². The molecule has 2 rings (SSSR count). The van der Waals surface area contributed by atoms with E-state index in [0.29, 0.717) is 0 Å². The number of nitrogens with zero attached hydrogens (tertiary/aromatic N) is 2. The lowest BCUT2D eigenvalue weighted by atomic mass is 10.1. The summed E-state index contributed by atoms with van der Waals surface area (Å²) in [5, 5.41) is 12.2. The standard InChI is InChI=1S/C14H21N3S/c15-11-13-5-6-14(18-13)12-16-7-4-10-17-8-2-1-3-9-17/h5-6,16H,1-4,7-10,12H2. The summed E-state index contributed by atoms with van der Waals surface area (Å²) in [6, 6.07) is 6.12. The van der Waals surface area contributed by atoms with Crippen LogP contribution in [-0.2, 0) is 6.54 Å². The highest BCUT2D eigenvalue weighted by molar-refractivity contribution is 7.12. The highest BCUT2D eigenvalue weighted by Crippen LogP contribution is 2.14. The Bertz CT molecular complexity index is 388. The minimum absolute atomic E-state index is 0.806. The summed E-state index contributed by atoms with van der Waals surface area (Å²) < 4.78 is 0. The van der Waals surface area contributed by atoms with Gasteiger partial charge in [0.15, 0.2) is 0 Å². The van der Waals surface area contributed by atoms with Crippen molar-refractivity contribution >= 4 is 11.3 Å². The Morgan fingerprint density at radius 2 is 2.11 bits per heavy atom. The number of piperidine rings is 1. The number of rotatable bonds is 6. The minimum Gasteiger partial charge on any atom is -0.312 e. The van der Waals surface area contributed by atoms with Crippen LogP contribution in [0.2, 0.25) is 0 Å². The Morgan fingerprint density at radius 1 is 1.28 bits per heavy atom. The van der Waals surface area contributed by atoms with Gasteiger partial charge in [-0.15, -0.1) is 11.3 Å². The van der Waals surface area contributed by atoms with E-state index in [-0.39, 0.29) is 0 Å². The van der Waals surface area contributed by atoms with E-state index in [2.05, 4.69) is 16.3 Å². The third-order valence-electron chi connectivity index (χ3n) is 3.35. The fourth-order valence-corrected chi connectivity index (χ4v) is 3.13. The molecule has 1 aromatic heterocycles. The molecule has 0 aromatic carbocycles. The van der Waals surface area contributed by atoms with Crippen LogP contribution in [0.5, 0.6) is 0 Å². The zero-order valence-electron chi connectivity index (χ0n) is 10.8. The lowest BCUT2D eigenvalue weighted by molar-refractivity contribution is 0.226. The molecule has 1 aromatic rings. The number of likely N-dealkylation sites (tertiary alicyclic amines) is 1. The maximum Gasteiger partial charge on any atom is 0.110 e. The van der Waals surface area contributed by atoms with Crippen LogP contribution in [-0.4, -0.2) is 31.1 Å². The smallest absolute Gasteiger partial charge is 0.110 e. The van der Waals surface area contributed by atoms with Gasteiger partial charge in [-0.05, 0) is 57.6 Å². The number of nitriles is 1. The van der Waals surface area contributed by atoms with E-state index >= 15 is 0 Å². The van der Waals surface area contributed by atoms with E-state index in [9.17, 15) is 0 Å². The van der Waals surface area contributed by atoms with Crippen molar-refractivity contribution < 1.29 is 0 Å². The van der Waals surface area contributed by atoms with Crippen molar-refractivity contribution in [2.45, 2.75) is 32.2 Å². The molecule has 0 radical (unpaired) electrons. The molecule has 98 valence electrons. The van der Waals surface area contributed by atoms with Crippen LogP contribution in [0, 0.1) is 11.3 Å². The number of hydrogen-bond donors (Lipinski definition) is 1. The third kappa shape index (κ3) is 4.41. The van der Waals surface area contributed by atoms with Crippen molar-refractivity contribution in [2.75, 3.05) is 26.2 Å². The molecular weight excluding hydrogens is 242 g/mol. The van der Waals surface area contributed by atoms with Gasteiger partial charge in [0.1, 0.15) is 10.9 Å². The van der Waals surface area contributed by atoms with Gasteiger partial charge < -0.3 is 10.2 Å². The van der Waals surface area contributed by atoms with Crippen molar-refractivity contribution in [1.29, 1.82) is 5.26 Å². The Kier molecular flexibility index (Phi) is 5.66. The Hall–Kier alpha value is -0.890. The summed E-state index contributed by atoms with van der Waals surface area (Å²) >= 11 is 1.58. The second kappa shape index (κ2) is 7.52. The monoisotopic (exact) mass is 263 g/mol. The van der Waals surface area contributed by atoms with E-state index in [4.69, 9.17) is 5.26 Å². The first-order valence-electron chi connectivity index (χ1n) is 6.80. The first-order valence-corrected chi connectivity index (χ1v) is 7.62. The van der Waals surface area contributed by atoms with Crippen molar-refractivity contribution in [3.8, 4) is 6.07 Å². The topological polar surface area (TPSA) is 39.1 Å². The molecule has 0 unspecified atom stereocenters. The van der Waals surface area contributed by atoms with E-state index in [1.165, 1.54) is 50.2 Å². The second-order valence-electron chi connectivity index (χ2n) is 4.81. The number of thiophene rings is 1. The predicted molar refractivity (Wildman–Crippen MR) is 75.6 cm³/mol. The lowest BCUT2D eigenvalue weighted by Crippen LogP contribution is -2.32. The second-order valence-corrected chi connectivity index (χ2v) is 5.98. The van der Waals surface area contributed by atoms with Crippen molar-refractivity contribution in [2.24, 2.45) is 0 Å². The van der Waals surface area contributed by atoms with Gasteiger partial charge in [-0.3, -0.25) is 0 Å². The van der Waals surface area contributed by atoms with E-state index in [1.54, 1.807) is 11.3 Å². The van der Waals surface area contributed by atoms with Crippen LogP contribution in [0.4, 0.5) is 0 Å². The van der Waals surface area contributed by atoms with Gasteiger partial charge in [0.05, 0.1) is 0 Å². The quantitative estimate of drug-likeness (QED) is 0.802. The molecule has 0 saturated carbocycles. The van der Waals surface area contributed by atoms with Gasteiger partial charge in [0.25, 0.3) is 0 Å². The molecule has 1 N–H and O–H groups in total. The maximum atomic E-state index is 8.74. The molecule has 4 heteroatoms. The average Bonchev–Trinajstić information content (AvgIpc) is 2.87. The van der Waals surface area contributed by atoms with Crippen LogP contribution in [0.3, 0.4) is 0 Å². The molecule has 1 fully saturated rings. The van der Waals surface area contributed by atoms with E-state index in [1.807, 2.05) is 12.1 Å². The van der Waals surface area contributed by atoms with Gasteiger partial charge in [-0.25, -0.2) is 0 Å². The molecule has 0 amide bonds. The van der Waals surface area contributed by atoms with Gasteiger partial charge in [0, 0.05) is 11.4 Å². The van der Waals surface area contributed by atoms with Crippen molar-refractivity contribution in [3.63, 3.8) is 0 Å². The van der Waals surface area contributed by atoms with Gasteiger partial charge in [-0.1, -0.05) is 6.42 Å². The van der Waals surface area contributed by atoms with Crippen LogP contribution < -0.4 is 5.32 Å². The SMILES string of the molecule is N#Cc1ccc(CNCCCN2CCCCC2)s1. The summed E-state index contributed by atoms with van der Waals surface area (Å²) in [6.07, 6.45) is 5.38. The summed E-state index contributed by atoms with van der Waals surface area (Å²) in [5.41, 5.74) is 0. The molecule has 0 atom stereocenters. The zero-order chi connectivity index (χ0) is 12.6. The summed E-state index contributed by atoms with van der Waals surface area (Å²) in [4.78, 5) is 4.63. The van der Waals surface area contributed by atoms with Crippen LogP contribution in [0.15, 0.2) is 12.1 Å². The molecule has 0 aliphatic carbocycles. The van der Waals surface area contributed by atoms with Crippen LogP contribution in [0.25, 0.3) is 0 Å². The largest absolute Gasteiger partial charge is 0.312 e. The average molecular weight is 263 g/mol. The number of nitrogens with one attached hydrogen (secondary N) is 1. The Labute approximate surface area is 113 Å². The predicted octanol–water partition coefficient (Wildman–Crippen LogP) is 2.59. The van der Waals surface area contributed by atoms with Crippen molar-refractivity contribution in [3.05, 3.63) is 21.9 Å². The van der Waals surface area contributed by atoms with Gasteiger partial charge >= 0.3 is 0 Å². The summed E-state index contributed by atoms with van der Waals surface area (Å²) in [5.74, 6) is 0. The minimum atomic E-state index is 0.806. The first kappa shape index (κ1) is 13.5. The van der Waals surface area contributed by atoms with Gasteiger partial charge in [0.2, 0.25) is 0 Å². The molecule has 1 saturated heterocycles. The summed E-state index contributed by atoms with van der Waals surface area (Å²) in [6.45, 7) is 5.76. The highest BCUT2D eigenvalue weighted by atomic mass is 32.1. The zero-order valence-corrected chi connectivity index (χ0v) is 11.6. The maximum absolute atomic E-state index is 8.74. The van der Waals surface area contributed by atoms with Crippen LogP contribution in [0.1, 0.15) is 35.4 Å². The molecule has 0 spiro atoms. The highest BCUT2D eigenvalue weighted by Gasteiger charge is 2.08. The van der Waals surface area contributed by atoms with Crippen molar-refractivity contribution in [1.82, 2.24) is 10.2 Å². The summed E-state index contributed by atoms with van der Waals surface area (Å²) in [7, 11) is 0. The van der Waals surface area contributed by atoms with Gasteiger partial charge in [-0.2, -0.15) is 5.26 Å². The fourth-order valence-electron chi connectivity index (χ4n) is 2.36. The molecule has 1 aliphatic rings. The van der Waals surface area contributed by atoms with E-state index < -0.39 is 0 Å². The molecule has 1 aliphatic heterocycles. The molecule has 0 bridgehead atoms. The molecule has 18 heavy (non-hydrogen) atoms. The normalized spacial score (nSPS) is 16.6. The molecular formula is C14H21N3S. The lowest BCUT2D eigenvalue weighted by Gasteiger charge is -2.26.